The highest BCUT2D eigenvalue weighted by Gasteiger charge is 2.07. The van der Waals surface area contributed by atoms with Gasteiger partial charge in [0.1, 0.15) is 0 Å². The highest BCUT2D eigenvalue weighted by Crippen LogP contribution is 2.21. The molecule has 1 unspecified atom stereocenters. The molecule has 0 aromatic heterocycles. The molecule has 5 nitrogen and oxygen atoms in total. The molecule has 2 N–H and O–H groups in total. The Kier molecular flexibility index (Phi) is 11.7. The lowest BCUT2D eigenvalue weighted by Crippen LogP contribution is -2.40. The fourth-order valence-electron chi connectivity index (χ4n) is 2.57. The van der Waals surface area contributed by atoms with E-state index < -0.39 is 9.84 Å². The van der Waals surface area contributed by atoms with Crippen molar-refractivity contribution in [3.63, 3.8) is 0 Å². The zero-order chi connectivity index (χ0) is 20.4. The second kappa shape index (κ2) is 13.1. The molecule has 2 rings (SSSR count). The first-order valence-corrected chi connectivity index (χ1v) is 12.3. The second-order valence-corrected chi connectivity index (χ2v) is 10.4. The summed E-state index contributed by atoms with van der Waals surface area (Å²) in [5.74, 6) is 0.848. The van der Waals surface area contributed by atoms with Crippen molar-refractivity contribution in [3.05, 3.63) is 65.7 Å². The molecule has 160 valence electrons. The maximum absolute atomic E-state index is 11.4. The molecule has 0 spiro atoms. The quantitative estimate of drug-likeness (QED) is 0.214. The highest BCUT2D eigenvalue weighted by molar-refractivity contribution is 14.0. The average molecular weight is 548 g/mol. The number of nitrogens with zero attached hydrogens (tertiary/aromatic N) is 1. The fourth-order valence-corrected chi connectivity index (χ4v) is 4.31. The van der Waals surface area contributed by atoms with E-state index in [4.69, 9.17) is 0 Å². The number of hydrogen-bond donors (Lipinski definition) is 2. The van der Waals surface area contributed by atoms with Gasteiger partial charge in [0.2, 0.25) is 0 Å². The topological polar surface area (TPSA) is 70.6 Å². The molecule has 0 saturated heterocycles. The second-order valence-electron chi connectivity index (χ2n) is 6.70. The van der Waals surface area contributed by atoms with Crippen molar-refractivity contribution in [3.8, 4) is 0 Å². The largest absolute Gasteiger partial charge is 0.357 e. The third kappa shape index (κ3) is 10.9. The normalized spacial score (nSPS) is 12.7. The average Bonchev–Trinajstić information content (AvgIpc) is 2.65. The van der Waals surface area contributed by atoms with E-state index in [0.717, 1.165) is 30.2 Å². The van der Waals surface area contributed by atoms with Gasteiger partial charge in [-0.15, -0.1) is 35.7 Å². The number of halogens is 1. The van der Waals surface area contributed by atoms with Gasteiger partial charge in [-0.25, -0.2) is 13.4 Å². The minimum atomic E-state index is -3.01. The van der Waals surface area contributed by atoms with Crippen LogP contribution in [0.4, 0.5) is 0 Å². The molecule has 0 fully saturated rings. The van der Waals surface area contributed by atoms with Gasteiger partial charge in [-0.2, -0.15) is 0 Å². The van der Waals surface area contributed by atoms with Crippen LogP contribution in [0.15, 0.2) is 64.5 Å². The van der Waals surface area contributed by atoms with Crippen LogP contribution >= 0.6 is 35.7 Å². The third-order valence-corrected chi connectivity index (χ3v) is 5.82. The zero-order valence-electron chi connectivity index (χ0n) is 17.1. The molecule has 0 aliphatic heterocycles. The van der Waals surface area contributed by atoms with Gasteiger partial charge in [0.15, 0.2) is 15.8 Å². The summed E-state index contributed by atoms with van der Waals surface area (Å²) in [6.45, 7) is 6.36. The van der Waals surface area contributed by atoms with Crippen LogP contribution < -0.4 is 10.6 Å². The van der Waals surface area contributed by atoms with Gasteiger partial charge in [-0.1, -0.05) is 49.4 Å². The van der Waals surface area contributed by atoms with Gasteiger partial charge >= 0.3 is 0 Å². The molecule has 29 heavy (non-hydrogen) atoms. The Morgan fingerprint density at radius 3 is 2.24 bits per heavy atom. The van der Waals surface area contributed by atoms with Crippen molar-refractivity contribution in [1.82, 2.24) is 10.6 Å². The minimum absolute atomic E-state index is 0. The molecule has 0 aliphatic rings. The van der Waals surface area contributed by atoms with Crippen LogP contribution in [0.3, 0.4) is 0 Å². The number of benzene rings is 2. The summed E-state index contributed by atoms with van der Waals surface area (Å²) in [5, 5.41) is 7.06. The number of hydrogen-bond acceptors (Lipinski definition) is 4. The number of thioether (sulfide) groups is 1. The fraction of sp³-hybridized carbons (Fsp3) is 0.381. The van der Waals surface area contributed by atoms with E-state index in [1.54, 1.807) is 0 Å². The Hall–Kier alpha value is -1.26. The van der Waals surface area contributed by atoms with Crippen LogP contribution in [0.2, 0.25) is 0 Å². The van der Waals surface area contributed by atoms with Gasteiger partial charge in [0.25, 0.3) is 0 Å². The molecule has 0 bridgehead atoms. The summed E-state index contributed by atoms with van der Waals surface area (Å²) >= 11 is 1.83. The summed E-state index contributed by atoms with van der Waals surface area (Å²) in [7, 11) is -3.01. The maximum Gasteiger partial charge on any atom is 0.191 e. The Balaban J connectivity index is 0.00000420. The van der Waals surface area contributed by atoms with E-state index in [-0.39, 0.29) is 29.7 Å². The molecule has 2 aromatic carbocycles. The third-order valence-electron chi connectivity index (χ3n) is 3.85. The minimum Gasteiger partial charge on any atom is -0.357 e. The first-order valence-electron chi connectivity index (χ1n) is 9.35. The van der Waals surface area contributed by atoms with E-state index in [2.05, 4.69) is 46.8 Å². The van der Waals surface area contributed by atoms with Gasteiger partial charge in [0, 0.05) is 29.5 Å². The van der Waals surface area contributed by atoms with Crippen molar-refractivity contribution in [1.29, 1.82) is 0 Å². The van der Waals surface area contributed by atoms with Gasteiger partial charge in [-0.3, -0.25) is 0 Å². The highest BCUT2D eigenvalue weighted by atomic mass is 127. The monoisotopic (exact) mass is 547 g/mol. The molecule has 0 radical (unpaired) electrons. The first-order chi connectivity index (χ1) is 13.4. The van der Waals surface area contributed by atoms with Crippen LogP contribution in [-0.2, 0) is 22.1 Å². The predicted molar refractivity (Wildman–Crippen MR) is 135 cm³/mol. The van der Waals surface area contributed by atoms with Crippen LogP contribution in [0, 0.1) is 0 Å². The number of aliphatic imine (C=N–C) groups is 1. The Morgan fingerprint density at radius 1 is 1.03 bits per heavy atom. The molecule has 0 saturated carbocycles. The summed E-state index contributed by atoms with van der Waals surface area (Å²) in [5.41, 5.74) is 1.84. The van der Waals surface area contributed by atoms with Crippen molar-refractivity contribution >= 4 is 51.5 Å². The van der Waals surface area contributed by atoms with Crippen LogP contribution in [0.25, 0.3) is 0 Å². The molecule has 0 amide bonds. The molecule has 2 aromatic rings. The van der Waals surface area contributed by atoms with Gasteiger partial charge in [0.05, 0.1) is 12.3 Å². The van der Waals surface area contributed by atoms with Crippen molar-refractivity contribution < 1.29 is 8.42 Å². The van der Waals surface area contributed by atoms with E-state index in [0.29, 0.717) is 11.8 Å². The van der Waals surface area contributed by atoms with E-state index >= 15 is 0 Å². The number of sulfone groups is 1. The van der Waals surface area contributed by atoms with E-state index in [1.807, 2.05) is 49.0 Å². The standard InChI is InChI=1S/C21H29N3O2S2.HI/c1-4-22-21(23-14-17(2)27-20-8-6-5-7-9-20)24-15-18-10-12-19(13-11-18)16-28(3,25)26;/h5-13,17H,4,14-16H2,1-3H3,(H2,22,23,24);1H. The Morgan fingerprint density at radius 2 is 1.66 bits per heavy atom. The van der Waals surface area contributed by atoms with E-state index in [1.165, 1.54) is 11.2 Å². The first kappa shape index (κ1) is 25.8. The molecule has 0 heterocycles. The Bertz CT molecular complexity index is 857. The number of nitrogens with one attached hydrogen (secondary N) is 2. The van der Waals surface area contributed by atoms with Crippen molar-refractivity contribution in [2.75, 3.05) is 19.3 Å². The number of guanidine groups is 1. The molecular formula is C21H30IN3O2S2. The SMILES string of the molecule is CCNC(=NCc1ccc(CS(C)(=O)=O)cc1)NCC(C)Sc1ccccc1.I. The summed E-state index contributed by atoms with van der Waals surface area (Å²) < 4.78 is 22.7. The lowest BCUT2D eigenvalue weighted by molar-refractivity contribution is 0.601. The zero-order valence-corrected chi connectivity index (χ0v) is 21.1. The van der Waals surface area contributed by atoms with Crippen LogP contribution in [0.5, 0.6) is 0 Å². The van der Waals surface area contributed by atoms with Gasteiger partial charge < -0.3 is 10.6 Å². The summed E-state index contributed by atoms with van der Waals surface area (Å²) in [4.78, 5) is 5.89. The molecule has 8 heteroatoms. The smallest absolute Gasteiger partial charge is 0.191 e. The molecule has 0 aliphatic carbocycles. The van der Waals surface area contributed by atoms with Crippen LogP contribution in [-0.4, -0.2) is 39.0 Å². The maximum atomic E-state index is 11.4. The number of rotatable bonds is 9. The van der Waals surface area contributed by atoms with Crippen molar-refractivity contribution in [2.24, 2.45) is 4.99 Å². The molecule has 1 atom stereocenters. The summed E-state index contributed by atoms with van der Waals surface area (Å²) in [6, 6.07) is 17.9. The van der Waals surface area contributed by atoms with Crippen LogP contribution in [0.1, 0.15) is 25.0 Å². The molecular weight excluding hydrogens is 517 g/mol. The lowest BCUT2D eigenvalue weighted by atomic mass is 10.1. The van der Waals surface area contributed by atoms with Gasteiger partial charge in [-0.05, 0) is 30.2 Å². The lowest BCUT2D eigenvalue weighted by Gasteiger charge is -2.15. The summed E-state index contributed by atoms with van der Waals surface area (Å²) in [6.07, 6.45) is 1.25. The Labute approximate surface area is 196 Å². The van der Waals surface area contributed by atoms with Crippen molar-refractivity contribution in [2.45, 2.75) is 36.3 Å². The predicted octanol–water partition coefficient (Wildman–Crippen LogP) is 4.09. The van der Waals surface area contributed by atoms with E-state index in [9.17, 15) is 8.42 Å².